The van der Waals surface area contributed by atoms with E-state index in [1.54, 1.807) is 0 Å². The molecule has 4 rings (SSSR count). The van der Waals surface area contributed by atoms with Crippen molar-refractivity contribution in [2.45, 2.75) is 25.1 Å². The highest BCUT2D eigenvalue weighted by atomic mass is 35.5. The number of likely N-dealkylation sites (tertiary alicyclic amines) is 1. The molecule has 0 spiro atoms. The number of aliphatic hydroxyl groups excluding tert-OH is 1. The van der Waals surface area contributed by atoms with Crippen LogP contribution in [-0.2, 0) is 6.54 Å². The zero-order chi connectivity index (χ0) is 17.2. The summed E-state index contributed by atoms with van der Waals surface area (Å²) < 4.78 is 5.50. The Hall–Kier alpha value is -2.21. The summed E-state index contributed by atoms with van der Waals surface area (Å²) in [5, 5.41) is 14.9. The summed E-state index contributed by atoms with van der Waals surface area (Å²) in [5.41, 5.74) is 2.05. The van der Waals surface area contributed by atoms with Crippen LogP contribution in [0.4, 0.5) is 0 Å². The van der Waals surface area contributed by atoms with Crippen molar-refractivity contribution >= 4 is 11.6 Å². The number of halogens is 1. The van der Waals surface area contributed by atoms with Crippen molar-refractivity contribution in [3.05, 3.63) is 71.1 Å². The summed E-state index contributed by atoms with van der Waals surface area (Å²) in [6.07, 6.45) is 0.189. The standard InChI is InChI=1S/C19H18ClN3O2/c20-15-8-6-13(7-9-15)11-23-12-16(24)10-17(23)19-21-18(22-25-19)14-4-2-1-3-5-14/h1-9,16-17,24H,10-12H2. The first-order valence-electron chi connectivity index (χ1n) is 8.24. The van der Waals surface area contributed by atoms with Gasteiger partial charge in [-0.2, -0.15) is 4.98 Å². The van der Waals surface area contributed by atoms with Gasteiger partial charge in [-0.15, -0.1) is 0 Å². The maximum Gasteiger partial charge on any atom is 0.244 e. The largest absolute Gasteiger partial charge is 0.392 e. The van der Waals surface area contributed by atoms with Crippen LogP contribution in [0.25, 0.3) is 11.4 Å². The van der Waals surface area contributed by atoms with Gasteiger partial charge in [0.05, 0.1) is 12.1 Å². The van der Waals surface area contributed by atoms with Crippen molar-refractivity contribution in [2.24, 2.45) is 0 Å². The third-order valence-corrected chi connectivity index (χ3v) is 4.69. The molecule has 1 N–H and O–H groups in total. The molecule has 1 aromatic heterocycles. The van der Waals surface area contributed by atoms with E-state index in [1.807, 2.05) is 54.6 Å². The van der Waals surface area contributed by atoms with Crippen LogP contribution < -0.4 is 0 Å². The number of aromatic nitrogens is 2. The highest BCUT2D eigenvalue weighted by Gasteiger charge is 2.35. The monoisotopic (exact) mass is 355 g/mol. The molecule has 25 heavy (non-hydrogen) atoms. The molecule has 5 nitrogen and oxygen atoms in total. The van der Waals surface area contributed by atoms with E-state index in [1.165, 1.54) is 0 Å². The molecule has 128 valence electrons. The van der Waals surface area contributed by atoms with Gasteiger partial charge in [-0.3, -0.25) is 4.90 Å². The number of nitrogens with zero attached hydrogens (tertiary/aromatic N) is 3. The average Bonchev–Trinajstić information content (AvgIpc) is 3.24. The minimum Gasteiger partial charge on any atom is -0.392 e. The fraction of sp³-hybridized carbons (Fsp3) is 0.263. The minimum atomic E-state index is -0.399. The first-order chi connectivity index (χ1) is 12.2. The van der Waals surface area contributed by atoms with E-state index < -0.39 is 6.10 Å². The van der Waals surface area contributed by atoms with Gasteiger partial charge in [0.25, 0.3) is 0 Å². The zero-order valence-corrected chi connectivity index (χ0v) is 14.3. The molecule has 1 aliphatic heterocycles. The molecule has 3 aromatic rings. The van der Waals surface area contributed by atoms with Crippen molar-refractivity contribution < 1.29 is 9.63 Å². The molecule has 0 aliphatic carbocycles. The fourth-order valence-electron chi connectivity index (χ4n) is 3.21. The van der Waals surface area contributed by atoms with Crippen molar-refractivity contribution in [3.8, 4) is 11.4 Å². The number of β-amino-alcohol motifs (C(OH)–C–C–N with tert-alkyl or cyclic N) is 1. The highest BCUT2D eigenvalue weighted by Crippen LogP contribution is 2.33. The van der Waals surface area contributed by atoms with E-state index in [0.29, 0.717) is 36.2 Å². The Balaban J connectivity index is 1.55. The van der Waals surface area contributed by atoms with Crippen LogP contribution in [0.2, 0.25) is 5.02 Å². The van der Waals surface area contributed by atoms with Crippen LogP contribution >= 0.6 is 11.6 Å². The van der Waals surface area contributed by atoms with Crippen LogP contribution in [0.15, 0.2) is 59.1 Å². The molecular weight excluding hydrogens is 338 g/mol. The second-order valence-corrected chi connectivity index (χ2v) is 6.72. The molecule has 1 fully saturated rings. The number of benzene rings is 2. The summed E-state index contributed by atoms with van der Waals surface area (Å²) in [7, 11) is 0. The van der Waals surface area contributed by atoms with E-state index in [9.17, 15) is 5.11 Å². The predicted octanol–water partition coefficient (Wildman–Crippen LogP) is 3.70. The van der Waals surface area contributed by atoms with Gasteiger partial charge in [-0.25, -0.2) is 0 Å². The Morgan fingerprint density at radius 1 is 1.12 bits per heavy atom. The predicted molar refractivity (Wildman–Crippen MR) is 95.0 cm³/mol. The van der Waals surface area contributed by atoms with Gasteiger partial charge < -0.3 is 9.63 Å². The highest BCUT2D eigenvalue weighted by molar-refractivity contribution is 6.30. The normalized spacial score (nSPS) is 20.9. The van der Waals surface area contributed by atoms with Crippen LogP contribution in [-0.4, -0.2) is 32.8 Å². The summed E-state index contributed by atoms with van der Waals surface area (Å²) in [6, 6.07) is 17.4. The van der Waals surface area contributed by atoms with E-state index in [2.05, 4.69) is 15.0 Å². The molecule has 0 saturated carbocycles. The van der Waals surface area contributed by atoms with Crippen molar-refractivity contribution in [2.75, 3.05) is 6.54 Å². The van der Waals surface area contributed by atoms with Crippen molar-refractivity contribution in [1.29, 1.82) is 0 Å². The molecule has 0 radical (unpaired) electrons. The quantitative estimate of drug-likeness (QED) is 0.773. The lowest BCUT2D eigenvalue weighted by Crippen LogP contribution is -2.24. The van der Waals surface area contributed by atoms with Crippen molar-refractivity contribution in [3.63, 3.8) is 0 Å². The lowest BCUT2D eigenvalue weighted by atomic mass is 10.1. The minimum absolute atomic E-state index is 0.0874. The molecule has 2 unspecified atom stereocenters. The summed E-state index contributed by atoms with van der Waals surface area (Å²) >= 11 is 5.95. The first kappa shape index (κ1) is 16.3. The van der Waals surface area contributed by atoms with Gasteiger partial charge in [-0.05, 0) is 24.1 Å². The zero-order valence-electron chi connectivity index (χ0n) is 13.5. The van der Waals surface area contributed by atoms with Crippen LogP contribution in [0.3, 0.4) is 0 Å². The Kier molecular flexibility index (Phi) is 4.53. The SMILES string of the molecule is OC1CC(c2nc(-c3ccccc3)no2)N(Cc2ccc(Cl)cc2)C1. The Bertz CT molecular complexity index is 835. The number of aliphatic hydroxyl groups is 1. The number of hydrogen-bond donors (Lipinski definition) is 1. The maximum absolute atomic E-state index is 10.1. The lowest BCUT2D eigenvalue weighted by molar-refractivity contribution is 0.169. The van der Waals surface area contributed by atoms with Gasteiger partial charge in [0.1, 0.15) is 0 Å². The lowest BCUT2D eigenvalue weighted by Gasteiger charge is -2.21. The van der Waals surface area contributed by atoms with Crippen molar-refractivity contribution in [1.82, 2.24) is 15.0 Å². The Morgan fingerprint density at radius 2 is 1.88 bits per heavy atom. The molecule has 1 saturated heterocycles. The summed E-state index contributed by atoms with van der Waals surface area (Å²) in [6.45, 7) is 1.28. The van der Waals surface area contributed by atoms with Gasteiger partial charge in [0.15, 0.2) is 0 Å². The molecule has 2 heterocycles. The first-order valence-corrected chi connectivity index (χ1v) is 8.62. The smallest absolute Gasteiger partial charge is 0.244 e. The third-order valence-electron chi connectivity index (χ3n) is 4.44. The van der Waals surface area contributed by atoms with Gasteiger partial charge >= 0.3 is 0 Å². The molecular formula is C19H18ClN3O2. The third kappa shape index (κ3) is 3.58. The van der Waals surface area contributed by atoms with E-state index in [-0.39, 0.29) is 6.04 Å². The molecule has 2 atom stereocenters. The molecule has 2 aromatic carbocycles. The fourth-order valence-corrected chi connectivity index (χ4v) is 3.34. The second kappa shape index (κ2) is 6.96. The maximum atomic E-state index is 10.1. The average molecular weight is 356 g/mol. The number of hydrogen-bond acceptors (Lipinski definition) is 5. The van der Waals surface area contributed by atoms with Gasteiger partial charge in [0, 0.05) is 23.7 Å². The molecule has 0 bridgehead atoms. The van der Waals surface area contributed by atoms with Gasteiger partial charge in [0.2, 0.25) is 11.7 Å². The topological polar surface area (TPSA) is 62.4 Å². The van der Waals surface area contributed by atoms with Crippen LogP contribution in [0.5, 0.6) is 0 Å². The van der Waals surface area contributed by atoms with E-state index >= 15 is 0 Å². The number of rotatable bonds is 4. The Labute approximate surface area is 150 Å². The molecule has 6 heteroatoms. The second-order valence-electron chi connectivity index (χ2n) is 6.28. The summed E-state index contributed by atoms with van der Waals surface area (Å²) in [5.74, 6) is 1.12. The Morgan fingerprint density at radius 3 is 2.64 bits per heavy atom. The molecule has 1 aliphatic rings. The van der Waals surface area contributed by atoms with Gasteiger partial charge in [-0.1, -0.05) is 59.2 Å². The summed E-state index contributed by atoms with van der Waals surface area (Å²) in [4.78, 5) is 6.71. The van der Waals surface area contributed by atoms with E-state index in [0.717, 1.165) is 11.1 Å². The van der Waals surface area contributed by atoms with Crippen LogP contribution in [0.1, 0.15) is 23.9 Å². The van der Waals surface area contributed by atoms with Crippen LogP contribution in [0, 0.1) is 0 Å². The van der Waals surface area contributed by atoms with E-state index in [4.69, 9.17) is 16.1 Å². The molecule has 0 amide bonds.